The summed E-state index contributed by atoms with van der Waals surface area (Å²) in [5, 5.41) is 2.82. The molecule has 1 atom stereocenters. The number of rotatable bonds is 7. The van der Waals surface area contributed by atoms with Crippen molar-refractivity contribution >= 4 is 32.4 Å². The van der Waals surface area contributed by atoms with Crippen molar-refractivity contribution in [3.05, 3.63) is 77.6 Å². The van der Waals surface area contributed by atoms with Crippen LogP contribution in [0.2, 0.25) is 0 Å². The van der Waals surface area contributed by atoms with Gasteiger partial charge >= 0.3 is 0 Å². The molecule has 1 aromatic heterocycles. The molecule has 0 radical (unpaired) electrons. The SMILES string of the molecule is O=C([C@H](Cc1ccccc1)NS(=O)(=O)c1ccccc1F)N1CCCN(c2nccs2)CC1. The molecular weight excluding hydrogens is 463 g/mol. The summed E-state index contributed by atoms with van der Waals surface area (Å²) in [7, 11) is -4.24. The van der Waals surface area contributed by atoms with Crippen LogP contribution in [0.3, 0.4) is 0 Å². The topological polar surface area (TPSA) is 82.6 Å². The van der Waals surface area contributed by atoms with Gasteiger partial charge in [-0.25, -0.2) is 17.8 Å². The lowest BCUT2D eigenvalue weighted by Gasteiger charge is -2.27. The summed E-state index contributed by atoms with van der Waals surface area (Å²) in [6.07, 6.45) is 2.66. The number of nitrogens with one attached hydrogen (secondary N) is 1. The van der Waals surface area contributed by atoms with Crippen molar-refractivity contribution in [2.75, 3.05) is 31.1 Å². The molecule has 0 saturated carbocycles. The molecule has 0 bridgehead atoms. The smallest absolute Gasteiger partial charge is 0.244 e. The number of benzene rings is 2. The lowest BCUT2D eigenvalue weighted by Crippen LogP contribution is -2.50. The molecule has 1 aliphatic heterocycles. The first kappa shape index (κ1) is 23.3. The van der Waals surface area contributed by atoms with Crippen LogP contribution in [0.25, 0.3) is 0 Å². The minimum atomic E-state index is -4.24. The van der Waals surface area contributed by atoms with E-state index in [-0.39, 0.29) is 12.3 Å². The molecule has 1 fully saturated rings. The van der Waals surface area contributed by atoms with Crippen LogP contribution >= 0.6 is 11.3 Å². The Morgan fingerprint density at radius 1 is 1.06 bits per heavy atom. The van der Waals surface area contributed by atoms with E-state index in [1.165, 1.54) is 18.2 Å². The Labute approximate surface area is 196 Å². The lowest BCUT2D eigenvalue weighted by molar-refractivity contribution is -0.132. The zero-order valence-electron chi connectivity index (χ0n) is 17.9. The largest absolute Gasteiger partial charge is 0.346 e. The Balaban J connectivity index is 1.55. The van der Waals surface area contributed by atoms with Crippen LogP contribution in [0, 0.1) is 5.82 Å². The highest BCUT2D eigenvalue weighted by Crippen LogP contribution is 2.20. The molecule has 174 valence electrons. The Hall–Kier alpha value is -2.82. The first-order valence-corrected chi connectivity index (χ1v) is 13.0. The van der Waals surface area contributed by atoms with Crippen LogP contribution in [0.5, 0.6) is 0 Å². The van der Waals surface area contributed by atoms with Crippen LogP contribution in [0.15, 0.2) is 71.1 Å². The van der Waals surface area contributed by atoms with Gasteiger partial charge in [-0.05, 0) is 30.5 Å². The first-order chi connectivity index (χ1) is 15.9. The van der Waals surface area contributed by atoms with Crippen molar-refractivity contribution in [3.63, 3.8) is 0 Å². The van der Waals surface area contributed by atoms with E-state index < -0.39 is 26.8 Å². The number of sulfonamides is 1. The average Bonchev–Trinajstić information content (AvgIpc) is 3.23. The summed E-state index contributed by atoms with van der Waals surface area (Å²) < 4.78 is 42.7. The van der Waals surface area contributed by atoms with Gasteiger partial charge in [0, 0.05) is 37.8 Å². The zero-order valence-corrected chi connectivity index (χ0v) is 19.6. The summed E-state index contributed by atoms with van der Waals surface area (Å²) in [4.78, 5) is 21.2. The van der Waals surface area contributed by atoms with E-state index in [0.717, 1.165) is 29.7 Å². The van der Waals surface area contributed by atoms with Crippen LogP contribution in [0.1, 0.15) is 12.0 Å². The van der Waals surface area contributed by atoms with E-state index in [9.17, 15) is 17.6 Å². The lowest BCUT2D eigenvalue weighted by atomic mass is 10.1. The molecule has 7 nitrogen and oxygen atoms in total. The van der Waals surface area contributed by atoms with Gasteiger partial charge in [-0.2, -0.15) is 4.72 Å². The van der Waals surface area contributed by atoms with Crippen molar-refractivity contribution in [1.29, 1.82) is 0 Å². The number of amides is 1. The van der Waals surface area contributed by atoms with Crippen LogP contribution in [0.4, 0.5) is 9.52 Å². The van der Waals surface area contributed by atoms with Crippen LogP contribution in [-0.4, -0.2) is 56.4 Å². The summed E-state index contributed by atoms with van der Waals surface area (Å²) in [5.41, 5.74) is 0.811. The number of nitrogens with zero attached hydrogens (tertiary/aromatic N) is 3. The van der Waals surface area contributed by atoms with E-state index in [0.29, 0.717) is 19.6 Å². The summed E-state index contributed by atoms with van der Waals surface area (Å²) in [6, 6.07) is 13.3. The predicted molar refractivity (Wildman–Crippen MR) is 126 cm³/mol. The minimum absolute atomic E-state index is 0.167. The predicted octanol–water partition coefficient (Wildman–Crippen LogP) is 2.91. The Bertz CT molecular complexity index is 1170. The highest BCUT2D eigenvalue weighted by atomic mass is 32.2. The van der Waals surface area contributed by atoms with Gasteiger partial charge in [0.25, 0.3) is 0 Å². The maximum Gasteiger partial charge on any atom is 0.244 e. The highest BCUT2D eigenvalue weighted by molar-refractivity contribution is 7.89. The number of anilines is 1. The fraction of sp³-hybridized carbons (Fsp3) is 0.304. The Morgan fingerprint density at radius 3 is 2.55 bits per heavy atom. The van der Waals surface area contributed by atoms with Gasteiger partial charge in [0.2, 0.25) is 15.9 Å². The maximum atomic E-state index is 14.2. The molecule has 0 aliphatic carbocycles. The molecule has 2 aromatic carbocycles. The van der Waals surface area contributed by atoms with Gasteiger partial charge in [0.1, 0.15) is 16.8 Å². The Kier molecular flexibility index (Phi) is 7.36. The normalized spacial score (nSPS) is 15.8. The second kappa shape index (κ2) is 10.4. The molecule has 4 rings (SSSR count). The third kappa shape index (κ3) is 5.76. The molecule has 33 heavy (non-hydrogen) atoms. The van der Waals surface area contributed by atoms with Crippen molar-refractivity contribution < 1.29 is 17.6 Å². The van der Waals surface area contributed by atoms with E-state index in [1.807, 2.05) is 35.7 Å². The molecule has 1 N–H and O–H groups in total. The number of halogens is 1. The van der Waals surface area contributed by atoms with E-state index in [2.05, 4.69) is 14.6 Å². The monoisotopic (exact) mass is 488 g/mol. The quantitative estimate of drug-likeness (QED) is 0.553. The molecule has 1 saturated heterocycles. The first-order valence-electron chi connectivity index (χ1n) is 10.7. The maximum absolute atomic E-state index is 14.2. The number of thiazole rings is 1. The van der Waals surface area contributed by atoms with Gasteiger partial charge < -0.3 is 9.80 Å². The molecule has 10 heteroatoms. The third-order valence-electron chi connectivity index (χ3n) is 5.50. The van der Waals surface area contributed by atoms with Gasteiger partial charge in [0.05, 0.1) is 0 Å². The molecule has 1 amide bonds. The number of hydrogen-bond acceptors (Lipinski definition) is 6. The third-order valence-corrected chi connectivity index (χ3v) is 7.84. The average molecular weight is 489 g/mol. The number of carbonyl (C=O) groups excluding carboxylic acids is 1. The molecule has 1 aliphatic rings. The van der Waals surface area contributed by atoms with Crippen molar-refractivity contribution in [2.24, 2.45) is 0 Å². The van der Waals surface area contributed by atoms with Gasteiger partial charge in [0.15, 0.2) is 5.13 Å². The molecule has 3 aromatic rings. The molecule has 0 spiro atoms. The van der Waals surface area contributed by atoms with E-state index in [1.54, 1.807) is 22.4 Å². The van der Waals surface area contributed by atoms with Gasteiger partial charge in [-0.1, -0.05) is 42.5 Å². The van der Waals surface area contributed by atoms with Gasteiger partial charge in [-0.3, -0.25) is 4.79 Å². The summed E-state index contributed by atoms with van der Waals surface area (Å²) in [5.74, 6) is -1.18. The van der Waals surface area contributed by atoms with Crippen LogP contribution in [-0.2, 0) is 21.2 Å². The summed E-state index contributed by atoms with van der Waals surface area (Å²) >= 11 is 1.55. The summed E-state index contributed by atoms with van der Waals surface area (Å²) in [6.45, 7) is 2.33. The second-order valence-electron chi connectivity index (χ2n) is 7.77. The molecular formula is C23H25FN4O3S2. The van der Waals surface area contributed by atoms with Crippen LogP contribution < -0.4 is 9.62 Å². The fourth-order valence-corrected chi connectivity index (χ4v) is 5.83. The van der Waals surface area contributed by atoms with Crippen molar-refractivity contribution in [3.8, 4) is 0 Å². The van der Waals surface area contributed by atoms with E-state index >= 15 is 0 Å². The van der Waals surface area contributed by atoms with Crippen molar-refractivity contribution in [1.82, 2.24) is 14.6 Å². The number of aromatic nitrogens is 1. The second-order valence-corrected chi connectivity index (χ2v) is 10.3. The standard InChI is InChI=1S/C23H25FN4O3S2/c24-19-9-4-5-10-21(19)33(30,31)26-20(17-18-7-2-1-3-8-18)22(29)27-12-6-13-28(15-14-27)23-25-11-16-32-23/h1-5,7-11,16,20,26H,6,12-15,17H2/t20-/m0/s1. The minimum Gasteiger partial charge on any atom is -0.346 e. The van der Waals surface area contributed by atoms with Gasteiger partial charge in [-0.15, -0.1) is 11.3 Å². The molecule has 0 unspecified atom stereocenters. The number of carbonyl (C=O) groups is 1. The van der Waals surface area contributed by atoms with E-state index in [4.69, 9.17) is 0 Å². The number of hydrogen-bond donors (Lipinski definition) is 1. The van der Waals surface area contributed by atoms with Crippen molar-refractivity contribution in [2.45, 2.75) is 23.8 Å². The fourth-order valence-electron chi connectivity index (χ4n) is 3.86. The Morgan fingerprint density at radius 2 is 1.82 bits per heavy atom. The molecule has 2 heterocycles. The highest BCUT2D eigenvalue weighted by Gasteiger charge is 2.31. The zero-order chi connectivity index (χ0) is 23.3.